The van der Waals surface area contributed by atoms with Gasteiger partial charge in [-0.25, -0.2) is 0 Å². The van der Waals surface area contributed by atoms with Crippen molar-refractivity contribution in [1.29, 1.82) is 0 Å². The molecule has 122 valence electrons. The van der Waals surface area contributed by atoms with Crippen LogP contribution in [0.15, 0.2) is 36.5 Å². The highest BCUT2D eigenvalue weighted by Crippen LogP contribution is 2.28. The smallest absolute Gasteiger partial charge is 0.0695 e. The molecule has 3 heterocycles. The van der Waals surface area contributed by atoms with Crippen molar-refractivity contribution in [2.45, 2.75) is 38.1 Å². The van der Waals surface area contributed by atoms with Gasteiger partial charge in [0.25, 0.3) is 0 Å². The van der Waals surface area contributed by atoms with E-state index in [4.69, 9.17) is 0 Å². The summed E-state index contributed by atoms with van der Waals surface area (Å²) in [5.74, 6) is 0. The third kappa shape index (κ3) is 2.92. The average molecular weight is 312 g/mol. The van der Waals surface area contributed by atoms with Crippen molar-refractivity contribution >= 4 is 0 Å². The molecule has 0 amide bonds. The van der Waals surface area contributed by atoms with Crippen molar-refractivity contribution in [3.05, 3.63) is 42.1 Å². The molecule has 5 heteroatoms. The van der Waals surface area contributed by atoms with Gasteiger partial charge in [0.1, 0.15) is 0 Å². The quantitative estimate of drug-likeness (QED) is 0.906. The lowest BCUT2D eigenvalue weighted by molar-refractivity contribution is 0.0529. The minimum absolute atomic E-state index is 0.152. The molecule has 0 bridgehead atoms. The van der Waals surface area contributed by atoms with Crippen LogP contribution in [0, 0.1) is 0 Å². The van der Waals surface area contributed by atoms with Crippen LogP contribution >= 0.6 is 0 Å². The SMILES string of the molecule is C[C@H]1CN2C[C@H](O)CC2CN1Cc1cn[nH]c1-c1ccccc1. The Hall–Kier alpha value is -1.69. The number of nitrogens with zero attached hydrogens (tertiary/aromatic N) is 3. The van der Waals surface area contributed by atoms with E-state index in [2.05, 4.69) is 51.2 Å². The zero-order valence-corrected chi connectivity index (χ0v) is 13.5. The Balaban J connectivity index is 1.52. The van der Waals surface area contributed by atoms with Crippen LogP contribution in [0.2, 0.25) is 0 Å². The lowest BCUT2D eigenvalue weighted by Crippen LogP contribution is -2.54. The second kappa shape index (κ2) is 6.07. The summed E-state index contributed by atoms with van der Waals surface area (Å²) in [6.45, 7) is 6.09. The second-order valence-electron chi connectivity index (χ2n) is 6.91. The Labute approximate surface area is 136 Å². The van der Waals surface area contributed by atoms with Gasteiger partial charge in [-0.1, -0.05) is 30.3 Å². The molecule has 4 rings (SSSR count). The molecule has 1 unspecified atom stereocenters. The molecule has 0 saturated carbocycles. The number of aliphatic hydroxyl groups is 1. The van der Waals surface area contributed by atoms with Gasteiger partial charge in [-0.05, 0) is 18.9 Å². The molecule has 2 saturated heterocycles. The Kier molecular flexibility index (Phi) is 3.93. The number of hydrogen-bond acceptors (Lipinski definition) is 4. The maximum absolute atomic E-state index is 9.91. The maximum Gasteiger partial charge on any atom is 0.0695 e. The fourth-order valence-corrected chi connectivity index (χ4v) is 4.00. The third-order valence-electron chi connectivity index (χ3n) is 5.23. The number of aliphatic hydroxyl groups excluding tert-OH is 1. The van der Waals surface area contributed by atoms with Crippen molar-refractivity contribution in [1.82, 2.24) is 20.0 Å². The molecule has 2 aliphatic rings. The standard InChI is InChI=1S/C18H24N4O/c1-13-9-22-12-17(23)7-16(22)11-21(13)10-15-8-19-20-18(15)14-5-3-2-4-6-14/h2-6,8,13,16-17,23H,7,9-12H2,1H3,(H,19,20)/t13-,16?,17+/m0/s1. The molecule has 2 aliphatic heterocycles. The van der Waals surface area contributed by atoms with Crippen LogP contribution in [0.25, 0.3) is 11.3 Å². The van der Waals surface area contributed by atoms with Crippen molar-refractivity contribution in [3.8, 4) is 11.3 Å². The normalized spacial score (nSPS) is 28.9. The Morgan fingerprint density at radius 2 is 2.04 bits per heavy atom. The molecule has 2 aromatic rings. The van der Waals surface area contributed by atoms with Crippen LogP contribution in [0.1, 0.15) is 18.9 Å². The van der Waals surface area contributed by atoms with E-state index in [9.17, 15) is 5.11 Å². The average Bonchev–Trinajstić information content (AvgIpc) is 3.14. The van der Waals surface area contributed by atoms with Crippen molar-refractivity contribution in [2.75, 3.05) is 19.6 Å². The molecule has 3 atom stereocenters. The van der Waals surface area contributed by atoms with Gasteiger partial charge in [0.2, 0.25) is 0 Å². The number of benzene rings is 1. The number of hydrogen-bond donors (Lipinski definition) is 2. The highest BCUT2D eigenvalue weighted by molar-refractivity contribution is 5.62. The number of rotatable bonds is 3. The minimum Gasteiger partial charge on any atom is -0.392 e. The summed E-state index contributed by atoms with van der Waals surface area (Å²) in [4.78, 5) is 4.97. The largest absolute Gasteiger partial charge is 0.392 e. The summed E-state index contributed by atoms with van der Waals surface area (Å²) in [5.41, 5.74) is 3.55. The van der Waals surface area contributed by atoms with Crippen LogP contribution in [0.5, 0.6) is 0 Å². The van der Waals surface area contributed by atoms with E-state index in [1.54, 1.807) is 0 Å². The summed E-state index contributed by atoms with van der Waals surface area (Å²) in [6.07, 6.45) is 2.70. The number of fused-ring (bicyclic) bond motifs is 1. The van der Waals surface area contributed by atoms with E-state index in [0.717, 1.165) is 38.3 Å². The van der Waals surface area contributed by atoms with Gasteiger partial charge in [0.05, 0.1) is 18.0 Å². The van der Waals surface area contributed by atoms with Gasteiger partial charge in [0.15, 0.2) is 0 Å². The van der Waals surface area contributed by atoms with Gasteiger partial charge in [-0.3, -0.25) is 14.9 Å². The van der Waals surface area contributed by atoms with E-state index in [0.29, 0.717) is 12.1 Å². The summed E-state index contributed by atoms with van der Waals surface area (Å²) in [5, 5.41) is 17.3. The zero-order chi connectivity index (χ0) is 15.8. The van der Waals surface area contributed by atoms with Gasteiger partial charge < -0.3 is 5.11 Å². The topological polar surface area (TPSA) is 55.4 Å². The molecule has 23 heavy (non-hydrogen) atoms. The lowest BCUT2D eigenvalue weighted by atomic mass is 10.0. The predicted octanol–water partition coefficient (Wildman–Crippen LogP) is 1.72. The van der Waals surface area contributed by atoms with Crippen molar-refractivity contribution in [3.63, 3.8) is 0 Å². The molecule has 1 aromatic carbocycles. The van der Waals surface area contributed by atoms with Crippen LogP contribution in [0.4, 0.5) is 0 Å². The number of piperazine rings is 1. The summed E-state index contributed by atoms with van der Waals surface area (Å²) in [7, 11) is 0. The van der Waals surface area contributed by atoms with Crippen molar-refractivity contribution in [2.24, 2.45) is 0 Å². The molecule has 0 spiro atoms. The predicted molar refractivity (Wildman–Crippen MR) is 89.9 cm³/mol. The molecular weight excluding hydrogens is 288 g/mol. The minimum atomic E-state index is -0.152. The van der Waals surface area contributed by atoms with E-state index in [-0.39, 0.29) is 6.10 Å². The number of H-pyrrole nitrogens is 1. The van der Waals surface area contributed by atoms with Gasteiger partial charge in [-0.15, -0.1) is 0 Å². The first-order valence-corrected chi connectivity index (χ1v) is 8.44. The molecule has 1 aromatic heterocycles. The monoisotopic (exact) mass is 312 g/mol. The lowest BCUT2D eigenvalue weighted by Gasteiger charge is -2.42. The zero-order valence-electron chi connectivity index (χ0n) is 13.5. The molecular formula is C18H24N4O. The first-order chi connectivity index (χ1) is 11.2. The summed E-state index contributed by atoms with van der Waals surface area (Å²) >= 11 is 0. The molecule has 2 fully saturated rings. The van der Waals surface area contributed by atoms with Crippen LogP contribution in [-0.4, -0.2) is 62.9 Å². The van der Waals surface area contributed by atoms with E-state index in [1.165, 1.54) is 11.1 Å². The molecule has 5 nitrogen and oxygen atoms in total. The Bertz CT molecular complexity index is 656. The van der Waals surface area contributed by atoms with Crippen LogP contribution in [0.3, 0.4) is 0 Å². The van der Waals surface area contributed by atoms with Gasteiger partial charge >= 0.3 is 0 Å². The number of nitrogens with one attached hydrogen (secondary N) is 1. The van der Waals surface area contributed by atoms with Crippen LogP contribution < -0.4 is 0 Å². The van der Waals surface area contributed by atoms with E-state index < -0.39 is 0 Å². The van der Waals surface area contributed by atoms with Gasteiger partial charge in [-0.2, -0.15) is 5.10 Å². The third-order valence-corrected chi connectivity index (χ3v) is 5.23. The second-order valence-corrected chi connectivity index (χ2v) is 6.91. The van der Waals surface area contributed by atoms with Crippen molar-refractivity contribution < 1.29 is 5.11 Å². The first-order valence-electron chi connectivity index (χ1n) is 8.44. The Morgan fingerprint density at radius 3 is 2.87 bits per heavy atom. The molecule has 0 radical (unpaired) electrons. The maximum atomic E-state index is 9.91. The fraction of sp³-hybridized carbons (Fsp3) is 0.500. The number of aromatic nitrogens is 2. The summed E-state index contributed by atoms with van der Waals surface area (Å²) < 4.78 is 0. The van der Waals surface area contributed by atoms with E-state index in [1.807, 2.05) is 12.3 Å². The van der Waals surface area contributed by atoms with Crippen LogP contribution in [-0.2, 0) is 6.54 Å². The van der Waals surface area contributed by atoms with Gasteiger partial charge in [0, 0.05) is 43.8 Å². The molecule has 0 aliphatic carbocycles. The highest BCUT2D eigenvalue weighted by atomic mass is 16.3. The Morgan fingerprint density at radius 1 is 1.22 bits per heavy atom. The summed E-state index contributed by atoms with van der Waals surface area (Å²) in [6, 6.07) is 11.4. The highest BCUT2D eigenvalue weighted by Gasteiger charge is 2.38. The van der Waals surface area contributed by atoms with E-state index >= 15 is 0 Å². The number of aromatic amines is 1. The fourth-order valence-electron chi connectivity index (χ4n) is 4.00. The first kappa shape index (κ1) is 14.9. The molecule has 2 N–H and O–H groups in total.